The van der Waals surface area contributed by atoms with Crippen molar-refractivity contribution in [2.24, 2.45) is 5.92 Å². The van der Waals surface area contributed by atoms with E-state index in [4.69, 9.17) is 10.8 Å². The van der Waals surface area contributed by atoms with Crippen LogP contribution in [0.1, 0.15) is 23.2 Å². The van der Waals surface area contributed by atoms with Gasteiger partial charge in [0.05, 0.1) is 5.92 Å². The molecule has 1 fully saturated rings. The molecule has 0 spiro atoms. The summed E-state index contributed by atoms with van der Waals surface area (Å²) < 4.78 is 0. The highest BCUT2D eigenvalue weighted by atomic mass is 16.4. The molecule has 1 amide bonds. The van der Waals surface area contributed by atoms with Crippen molar-refractivity contribution in [3.05, 3.63) is 29.8 Å². The lowest BCUT2D eigenvalue weighted by molar-refractivity contribution is -0.143. The van der Waals surface area contributed by atoms with Crippen LogP contribution in [0.4, 0.5) is 5.69 Å². The van der Waals surface area contributed by atoms with Gasteiger partial charge in [-0.3, -0.25) is 9.59 Å². The lowest BCUT2D eigenvalue weighted by Crippen LogP contribution is -2.42. The Morgan fingerprint density at radius 1 is 1.28 bits per heavy atom. The van der Waals surface area contributed by atoms with Gasteiger partial charge in [0.2, 0.25) is 0 Å². The number of rotatable bonds is 2. The van der Waals surface area contributed by atoms with Crippen molar-refractivity contribution in [2.75, 3.05) is 18.8 Å². The molecule has 1 aliphatic heterocycles. The number of benzene rings is 1. The number of nitrogens with zero attached hydrogens (tertiary/aromatic N) is 1. The fraction of sp³-hybridized carbons (Fsp3) is 0.385. The fourth-order valence-electron chi connectivity index (χ4n) is 2.17. The summed E-state index contributed by atoms with van der Waals surface area (Å²) in [5.74, 6) is -1.40. The summed E-state index contributed by atoms with van der Waals surface area (Å²) in [6, 6.07) is 6.68. The Balaban J connectivity index is 2.09. The number of aliphatic carboxylic acids is 1. The van der Waals surface area contributed by atoms with Crippen molar-refractivity contribution in [3.8, 4) is 0 Å². The van der Waals surface area contributed by atoms with Crippen LogP contribution < -0.4 is 5.73 Å². The van der Waals surface area contributed by atoms with Gasteiger partial charge >= 0.3 is 5.97 Å². The summed E-state index contributed by atoms with van der Waals surface area (Å²) >= 11 is 0. The largest absolute Gasteiger partial charge is 0.481 e. The number of carbonyl (C=O) groups excluding carboxylic acids is 1. The van der Waals surface area contributed by atoms with Crippen LogP contribution in [-0.2, 0) is 4.79 Å². The second-order valence-electron chi connectivity index (χ2n) is 4.55. The summed E-state index contributed by atoms with van der Waals surface area (Å²) in [4.78, 5) is 24.7. The lowest BCUT2D eigenvalue weighted by Gasteiger charge is -2.30. The SMILES string of the molecule is Nc1ccc(C(=O)N2CCC[C@H](C(=O)O)C2)cc1. The second kappa shape index (κ2) is 5.08. The molecule has 96 valence electrons. The number of amides is 1. The quantitative estimate of drug-likeness (QED) is 0.770. The number of nitrogen functional groups attached to an aromatic ring is 1. The van der Waals surface area contributed by atoms with Gasteiger partial charge in [-0.1, -0.05) is 0 Å². The zero-order valence-electron chi connectivity index (χ0n) is 10.0. The molecule has 18 heavy (non-hydrogen) atoms. The van der Waals surface area contributed by atoms with E-state index < -0.39 is 11.9 Å². The van der Waals surface area contributed by atoms with Crippen LogP contribution in [0.2, 0.25) is 0 Å². The van der Waals surface area contributed by atoms with Crippen LogP contribution in [0, 0.1) is 5.92 Å². The maximum Gasteiger partial charge on any atom is 0.308 e. The van der Waals surface area contributed by atoms with E-state index >= 15 is 0 Å². The van der Waals surface area contributed by atoms with E-state index in [9.17, 15) is 9.59 Å². The van der Waals surface area contributed by atoms with E-state index in [1.54, 1.807) is 29.2 Å². The predicted molar refractivity (Wildman–Crippen MR) is 67.1 cm³/mol. The molecular formula is C13H16N2O3. The molecule has 1 aromatic rings. The average molecular weight is 248 g/mol. The van der Waals surface area contributed by atoms with Crippen LogP contribution in [0.15, 0.2) is 24.3 Å². The molecule has 0 saturated carbocycles. The minimum atomic E-state index is -0.829. The van der Waals surface area contributed by atoms with Crippen molar-refractivity contribution in [3.63, 3.8) is 0 Å². The highest BCUT2D eigenvalue weighted by Gasteiger charge is 2.28. The standard InChI is InChI=1S/C13H16N2O3/c14-11-5-3-9(4-6-11)12(16)15-7-1-2-10(8-15)13(17)18/h3-6,10H,1-2,7-8,14H2,(H,17,18)/t10-/m0/s1. The highest BCUT2D eigenvalue weighted by molar-refractivity contribution is 5.94. The topological polar surface area (TPSA) is 83.6 Å². The molecular weight excluding hydrogens is 232 g/mol. The molecule has 3 N–H and O–H groups in total. The third kappa shape index (κ3) is 2.61. The first kappa shape index (κ1) is 12.4. The predicted octanol–water partition coefficient (Wildman–Crippen LogP) is 1.21. The molecule has 0 unspecified atom stereocenters. The average Bonchev–Trinajstić information content (AvgIpc) is 2.39. The first-order valence-electron chi connectivity index (χ1n) is 5.95. The number of piperidine rings is 1. The molecule has 0 aromatic heterocycles. The Labute approximate surface area is 105 Å². The molecule has 1 aromatic carbocycles. The normalized spacial score (nSPS) is 19.6. The van der Waals surface area contributed by atoms with Gasteiger partial charge in [0.25, 0.3) is 5.91 Å². The monoisotopic (exact) mass is 248 g/mol. The Hall–Kier alpha value is -2.04. The van der Waals surface area contributed by atoms with Gasteiger partial charge in [0, 0.05) is 24.3 Å². The molecule has 1 heterocycles. The number of carbonyl (C=O) groups is 2. The fourth-order valence-corrected chi connectivity index (χ4v) is 2.17. The first-order chi connectivity index (χ1) is 8.58. The van der Waals surface area contributed by atoms with Gasteiger partial charge in [-0.2, -0.15) is 0 Å². The lowest BCUT2D eigenvalue weighted by atomic mass is 9.97. The number of likely N-dealkylation sites (tertiary alicyclic amines) is 1. The van der Waals surface area contributed by atoms with Crippen molar-refractivity contribution in [2.45, 2.75) is 12.8 Å². The molecule has 1 saturated heterocycles. The number of hydrogen-bond donors (Lipinski definition) is 2. The molecule has 5 nitrogen and oxygen atoms in total. The van der Waals surface area contributed by atoms with Crippen LogP contribution in [-0.4, -0.2) is 35.0 Å². The Bertz CT molecular complexity index is 456. The van der Waals surface area contributed by atoms with E-state index in [0.717, 1.165) is 6.42 Å². The summed E-state index contributed by atoms with van der Waals surface area (Å²) in [6.07, 6.45) is 1.37. The summed E-state index contributed by atoms with van der Waals surface area (Å²) in [6.45, 7) is 0.908. The van der Waals surface area contributed by atoms with Crippen LogP contribution in [0.3, 0.4) is 0 Å². The summed E-state index contributed by atoms with van der Waals surface area (Å²) in [5.41, 5.74) is 6.72. The minimum absolute atomic E-state index is 0.124. The number of anilines is 1. The number of nitrogens with two attached hydrogens (primary N) is 1. The minimum Gasteiger partial charge on any atom is -0.481 e. The molecule has 2 rings (SSSR count). The molecule has 5 heteroatoms. The van der Waals surface area contributed by atoms with Gasteiger partial charge in [-0.15, -0.1) is 0 Å². The van der Waals surface area contributed by atoms with E-state index in [-0.39, 0.29) is 5.91 Å². The van der Waals surface area contributed by atoms with E-state index in [1.165, 1.54) is 0 Å². The number of carboxylic acid groups (broad SMARTS) is 1. The zero-order valence-corrected chi connectivity index (χ0v) is 10.0. The van der Waals surface area contributed by atoms with Crippen LogP contribution in [0.5, 0.6) is 0 Å². The Kier molecular flexibility index (Phi) is 3.50. The Morgan fingerprint density at radius 3 is 2.56 bits per heavy atom. The van der Waals surface area contributed by atoms with Gasteiger partial charge in [-0.25, -0.2) is 0 Å². The van der Waals surface area contributed by atoms with Crippen molar-refractivity contribution in [1.82, 2.24) is 4.90 Å². The molecule has 0 bridgehead atoms. The van der Waals surface area contributed by atoms with Crippen molar-refractivity contribution < 1.29 is 14.7 Å². The summed E-state index contributed by atoms with van der Waals surface area (Å²) in [7, 11) is 0. The van der Waals surface area contributed by atoms with Gasteiger partial charge in [0.1, 0.15) is 0 Å². The van der Waals surface area contributed by atoms with Gasteiger partial charge < -0.3 is 15.7 Å². The second-order valence-corrected chi connectivity index (χ2v) is 4.55. The maximum atomic E-state index is 12.2. The molecule has 0 radical (unpaired) electrons. The zero-order chi connectivity index (χ0) is 13.1. The molecule has 0 aliphatic carbocycles. The van der Waals surface area contributed by atoms with Gasteiger partial charge in [-0.05, 0) is 37.1 Å². The van der Waals surface area contributed by atoms with E-state index in [0.29, 0.717) is 30.8 Å². The van der Waals surface area contributed by atoms with Crippen molar-refractivity contribution in [1.29, 1.82) is 0 Å². The first-order valence-corrected chi connectivity index (χ1v) is 5.95. The highest BCUT2D eigenvalue weighted by Crippen LogP contribution is 2.19. The molecule has 1 aliphatic rings. The maximum absolute atomic E-state index is 12.2. The smallest absolute Gasteiger partial charge is 0.308 e. The molecule has 1 atom stereocenters. The van der Waals surface area contributed by atoms with E-state index in [2.05, 4.69) is 0 Å². The van der Waals surface area contributed by atoms with Crippen LogP contribution >= 0.6 is 0 Å². The third-order valence-electron chi connectivity index (χ3n) is 3.22. The van der Waals surface area contributed by atoms with Crippen molar-refractivity contribution >= 4 is 17.6 Å². The number of hydrogen-bond acceptors (Lipinski definition) is 3. The summed E-state index contributed by atoms with van der Waals surface area (Å²) in [5, 5.41) is 8.99. The Morgan fingerprint density at radius 2 is 1.94 bits per heavy atom. The van der Waals surface area contributed by atoms with E-state index in [1.807, 2.05) is 0 Å². The van der Waals surface area contributed by atoms with Crippen LogP contribution in [0.25, 0.3) is 0 Å². The number of carboxylic acids is 1. The van der Waals surface area contributed by atoms with Gasteiger partial charge in [0.15, 0.2) is 0 Å². The third-order valence-corrected chi connectivity index (χ3v) is 3.22.